The molecule has 1 amide bonds. The zero-order valence-electron chi connectivity index (χ0n) is 20.1. The lowest BCUT2D eigenvalue weighted by molar-refractivity contribution is -0.134. The number of amidine groups is 1. The van der Waals surface area contributed by atoms with Crippen LogP contribution in [0.1, 0.15) is 49.8 Å². The molecule has 2 fully saturated rings. The molecule has 0 bridgehead atoms. The van der Waals surface area contributed by atoms with Gasteiger partial charge in [-0.15, -0.1) is 0 Å². The van der Waals surface area contributed by atoms with Gasteiger partial charge in [-0.1, -0.05) is 11.2 Å². The fraction of sp³-hybridized carbons (Fsp3) is 0.500. The molecule has 0 aliphatic carbocycles. The molecule has 4 heterocycles. The number of amides is 1. The summed E-state index contributed by atoms with van der Waals surface area (Å²) in [6.07, 6.45) is 11.8. The van der Waals surface area contributed by atoms with Gasteiger partial charge in [0.1, 0.15) is 12.4 Å². The van der Waals surface area contributed by atoms with Crippen molar-refractivity contribution in [2.75, 3.05) is 33.4 Å². The van der Waals surface area contributed by atoms with Gasteiger partial charge in [-0.25, -0.2) is 4.98 Å². The van der Waals surface area contributed by atoms with Crippen LogP contribution >= 0.6 is 0 Å². The summed E-state index contributed by atoms with van der Waals surface area (Å²) >= 11 is 0. The number of benzene rings is 1. The summed E-state index contributed by atoms with van der Waals surface area (Å²) in [5, 5.41) is 4.42. The minimum Gasteiger partial charge on any atom is -0.495 e. The molecule has 1 aromatic carbocycles. The molecule has 2 saturated heterocycles. The summed E-state index contributed by atoms with van der Waals surface area (Å²) in [6, 6.07) is 6.21. The van der Waals surface area contributed by atoms with Crippen molar-refractivity contribution < 1.29 is 14.4 Å². The largest absolute Gasteiger partial charge is 0.495 e. The van der Waals surface area contributed by atoms with E-state index in [4.69, 9.17) is 9.57 Å². The Bertz CT molecular complexity index is 1100. The van der Waals surface area contributed by atoms with Crippen LogP contribution in [-0.4, -0.2) is 70.5 Å². The molecule has 0 radical (unpaired) electrons. The average Bonchev–Trinajstić information content (AvgIpc) is 3.31. The van der Waals surface area contributed by atoms with Crippen LogP contribution in [0, 0.1) is 6.92 Å². The minimum atomic E-state index is 0.0343. The van der Waals surface area contributed by atoms with E-state index in [1.165, 1.54) is 6.42 Å². The second kappa shape index (κ2) is 9.91. The number of aromatic nitrogens is 2. The Labute approximate surface area is 200 Å². The first kappa shape index (κ1) is 22.5. The van der Waals surface area contributed by atoms with Gasteiger partial charge in [0, 0.05) is 25.8 Å². The molecule has 0 spiro atoms. The second-order valence-electron chi connectivity index (χ2n) is 9.33. The topological polar surface area (TPSA) is 72.2 Å². The molecule has 5 rings (SSSR count). The summed E-state index contributed by atoms with van der Waals surface area (Å²) in [6.45, 7) is 5.10. The highest BCUT2D eigenvalue weighted by atomic mass is 16.6. The molecule has 3 aliphatic heterocycles. The fourth-order valence-electron chi connectivity index (χ4n) is 5.11. The highest BCUT2D eigenvalue weighted by molar-refractivity contribution is 6.03. The van der Waals surface area contributed by atoms with Gasteiger partial charge in [0.2, 0.25) is 5.91 Å². The number of hydrogen-bond acceptors (Lipinski definition) is 6. The third-order valence-corrected chi connectivity index (χ3v) is 6.92. The summed E-state index contributed by atoms with van der Waals surface area (Å²) in [7, 11) is 1.69. The van der Waals surface area contributed by atoms with Crippen molar-refractivity contribution in [3.05, 3.63) is 47.6 Å². The molecule has 0 N–H and O–H groups in total. The Morgan fingerprint density at radius 1 is 1.21 bits per heavy atom. The van der Waals surface area contributed by atoms with Gasteiger partial charge in [0.15, 0.2) is 5.84 Å². The molecule has 0 unspecified atom stereocenters. The average molecular weight is 464 g/mol. The van der Waals surface area contributed by atoms with Crippen molar-refractivity contribution in [1.29, 1.82) is 0 Å². The van der Waals surface area contributed by atoms with Crippen molar-refractivity contribution >= 4 is 17.8 Å². The van der Waals surface area contributed by atoms with Crippen LogP contribution in [0.3, 0.4) is 0 Å². The highest BCUT2D eigenvalue weighted by Crippen LogP contribution is 2.30. The van der Waals surface area contributed by atoms with Crippen molar-refractivity contribution in [3.63, 3.8) is 0 Å². The Balaban J connectivity index is 1.35. The van der Waals surface area contributed by atoms with E-state index in [9.17, 15) is 4.79 Å². The van der Waals surface area contributed by atoms with E-state index in [1.807, 2.05) is 34.7 Å². The van der Waals surface area contributed by atoms with Gasteiger partial charge in [-0.05, 0) is 68.4 Å². The van der Waals surface area contributed by atoms with E-state index >= 15 is 0 Å². The van der Waals surface area contributed by atoms with E-state index in [1.54, 1.807) is 13.4 Å². The molecular weight excluding hydrogens is 430 g/mol. The number of piperidine rings is 2. The number of aryl methyl sites for hydroxylation is 1. The Hall–Kier alpha value is -3.29. The highest BCUT2D eigenvalue weighted by Gasteiger charge is 2.34. The predicted molar refractivity (Wildman–Crippen MR) is 131 cm³/mol. The van der Waals surface area contributed by atoms with Crippen molar-refractivity contribution in [3.8, 4) is 11.4 Å². The standard InChI is InChI=1S/C26H33N5O3/c1-19-16-30(18-27-19)23-9-8-20(14-24(23)33-2)13-21-7-6-12-31-22(17-34-28-26(21)31)15-25(32)29-10-4-3-5-11-29/h8-9,13-14,16,18,22H,3-7,10-12,15,17H2,1-2H3/b21-13+/t22-/m0/s1. The number of likely N-dealkylation sites (tertiary alicyclic amines) is 1. The number of oxime groups is 1. The van der Waals surface area contributed by atoms with Crippen molar-refractivity contribution in [2.45, 2.75) is 51.5 Å². The smallest absolute Gasteiger partial charge is 0.224 e. The summed E-state index contributed by atoms with van der Waals surface area (Å²) < 4.78 is 7.65. The van der Waals surface area contributed by atoms with Crippen LogP contribution in [0.4, 0.5) is 0 Å². The van der Waals surface area contributed by atoms with Gasteiger partial charge < -0.3 is 23.9 Å². The van der Waals surface area contributed by atoms with Gasteiger partial charge in [-0.2, -0.15) is 0 Å². The first-order chi connectivity index (χ1) is 16.6. The van der Waals surface area contributed by atoms with E-state index < -0.39 is 0 Å². The Morgan fingerprint density at radius 2 is 2.06 bits per heavy atom. The number of fused-ring (bicyclic) bond motifs is 1. The molecule has 1 atom stereocenters. The molecule has 8 heteroatoms. The molecule has 3 aliphatic rings. The maximum absolute atomic E-state index is 12.9. The zero-order valence-corrected chi connectivity index (χ0v) is 20.1. The number of hydrogen-bond donors (Lipinski definition) is 0. The van der Waals surface area contributed by atoms with E-state index in [2.05, 4.69) is 27.2 Å². The van der Waals surface area contributed by atoms with Gasteiger partial charge >= 0.3 is 0 Å². The van der Waals surface area contributed by atoms with Gasteiger partial charge in [0.05, 0.1) is 37.3 Å². The SMILES string of the molecule is COc1cc(/C=C2\CCCN3C2=NOC[C@@H]3CC(=O)N2CCCCC2)ccc1-n1cnc(C)c1. The number of carbonyl (C=O) groups is 1. The molecule has 34 heavy (non-hydrogen) atoms. The van der Waals surface area contributed by atoms with Crippen LogP contribution < -0.4 is 4.74 Å². The molecule has 0 saturated carbocycles. The van der Waals surface area contributed by atoms with Gasteiger partial charge in [0.25, 0.3) is 0 Å². The molecular formula is C26H33N5O3. The number of ether oxygens (including phenoxy) is 1. The maximum Gasteiger partial charge on any atom is 0.224 e. The van der Waals surface area contributed by atoms with E-state index in [0.29, 0.717) is 13.0 Å². The fourth-order valence-corrected chi connectivity index (χ4v) is 5.11. The Kier molecular flexibility index (Phi) is 6.56. The van der Waals surface area contributed by atoms with E-state index in [0.717, 1.165) is 79.4 Å². The first-order valence-corrected chi connectivity index (χ1v) is 12.3. The lowest BCUT2D eigenvalue weighted by atomic mass is 9.97. The van der Waals surface area contributed by atoms with Gasteiger partial charge in [-0.3, -0.25) is 4.79 Å². The Morgan fingerprint density at radius 3 is 2.82 bits per heavy atom. The number of rotatable bonds is 5. The van der Waals surface area contributed by atoms with E-state index in [-0.39, 0.29) is 11.9 Å². The number of nitrogens with zero attached hydrogens (tertiary/aromatic N) is 5. The van der Waals surface area contributed by atoms with Crippen LogP contribution in [0.15, 0.2) is 41.5 Å². The first-order valence-electron chi connectivity index (χ1n) is 12.3. The summed E-state index contributed by atoms with van der Waals surface area (Å²) in [4.78, 5) is 27.2. The second-order valence-corrected chi connectivity index (χ2v) is 9.33. The molecule has 180 valence electrons. The minimum absolute atomic E-state index is 0.0343. The molecule has 1 aromatic heterocycles. The van der Waals surface area contributed by atoms with Crippen molar-refractivity contribution in [2.24, 2.45) is 5.16 Å². The summed E-state index contributed by atoms with van der Waals surface area (Å²) in [5.41, 5.74) is 4.09. The lowest BCUT2D eigenvalue weighted by Gasteiger charge is -2.40. The number of imidazole rings is 1. The maximum atomic E-state index is 12.9. The third kappa shape index (κ3) is 4.67. The molecule has 2 aromatic rings. The predicted octanol–water partition coefficient (Wildman–Crippen LogP) is 3.78. The third-order valence-electron chi connectivity index (χ3n) is 6.92. The quantitative estimate of drug-likeness (QED) is 0.675. The van der Waals surface area contributed by atoms with Crippen LogP contribution in [0.2, 0.25) is 0 Å². The van der Waals surface area contributed by atoms with Crippen LogP contribution in [0.5, 0.6) is 5.75 Å². The summed E-state index contributed by atoms with van der Waals surface area (Å²) in [5.74, 6) is 1.88. The van der Waals surface area contributed by atoms with Crippen LogP contribution in [0.25, 0.3) is 11.8 Å². The lowest BCUT2D eigenvalue weighted by Crippen LogP contribution is -2.51. The normalized spacial score (nSPS) is 21.6. The van der Waals surface area contributed by atoms with Crippen LogP contribution in [-0.2, 0) is 9.63 Å². The number of carbonyl (C=O) groups excluding carboxylic acids is 1. The number of methoxy groups -OCH3 is 1. The van der Waals surface area contributed by atoms with Crippen molar-refractivity contribution in [1.82, 2.24) is 19.4 Å². The molecule has 8 nitrogen and oxygen atoms in total. The monoisotopic (exact) mass is 463 g/mol. The zero-order chi connectivity index (χ0) is 23.5.